The normalized spacial score (nSPS) is 8.89. The molecule has 0 saturated heterocycles. The molecule has 9 heavy (non-hydrogen) atoms. The molecule has 0 atom stereocenters. The molecule has 0 fully saturated rings. The van der Waals surface area contributed by atoms with E-state index in [-0.39, 0.29) is 0 Å². The summed E-state index contributed by atoms with van der Waals surface area (Å²) in [6.45, 7) is 1.98. The van der Waals surface area contributed by atoms with E-state index >= 15 is 0 Å². The van der Waals surface area contributed by atoms with E-state index in [1.807, 2.05) is 13.0 Å². The van der Waals surface area contributed by atoms with Crippen molar-refractivity contribution >= 4 is 0 Å². The Morgan fingerprint density at radius 1 is 1.78 bits per heavy atom. The second kappa shape index (κ2) is 2.41. The lowest BCUT2D eigenvalue weighted by Crippen LogP contribution is -1.77. The second-order valence-electron chi connectivity index (χ2n) is 1.91. The summed E-state index contributed by atoms with van der Waals surface area (Å²) in [6.07, 6.45) is 7.33. The van der Waals surface area contributed by atoms with Crippen molar-refractivity contribution in [1.82, 2.24) is 0 Å². The fourth-order valence-corrected chi connectivity index (χ4v) is 0.678. The Hall–Kier alpha value is -1.16. The maximum Gasteiger partial charge on any atom is 0.118 e. The molecule has 0 saturated carbocycles. The topological polar surface area (TPSA) is 13.1 Å². The minimum Gasteiger partial charge on any atom is -0.468 e. The van der Waals surface area contributed by atoms with Gasteiger partial charge in [-0.15, -0.1) is 6.42 Å². The molecular weight excluding hydrogens is 112 g/mol. The summed E-state index contributed by atoms with van der Waals surface area (Å²) in [4.78, 5) is 0. The molecule has 0 aliphatic rings. The molecule has 0 aromatic carbocycles. The molecule has 1 aromatic rings. The highest BCUT2D eigenvalue weighted by Gasteiger charge is 1.96. The summed E-state index contributed by atoms with van der Waals surface area (Å²) in [5, 5.41) is 0. The third-order valence-electron chi connectivity index (χ3n) is 1.23. The number of hydrogen-bond acceptors (Lipinski definition) is 1. The van der Waals surface area contributed by atoms with E-state index in [0.717, 1.165) is 11.3 Å². The van der Waals surface area contributed by atoms with E-state index < -0.39 is 0 Å². The van der Waals surface area contributed by atoms with Gasteiger partial charge in [-0.05, 0) is 18.6 Å². The predicted molar refractivity (Wildman–Crippen MR) is 36.0 cm³/mol. The highest BCUT2D eigenvalue weighted by atomic mass is 16.3. The fraction of sp³-hybridized carbons (Fsp3) is 0.250. The van der Waals surface area contributed by atoms with Gasteiger partial charge in [-0.25, -0.2) is 0 Å². The summed E-state index contributed by atoms with van der Waals surface area (Å²) in [7, 11) is 0. The van der Waals surface area contributed by atoms with Crippen molar-refractivity contribution in [2.75, 3.05) is 0 Å². The summed E-state index contributed by atoms with van der Waals surface area (Å²) in [5.41, 5.74) is 1.13. The van der Waals surface area contributed by atoms with Gasteiger partial charge < -0.3 is 4.42 Å². The second-order valence-corrected chi connectivity index (χ2v) is 1.91. The van der Waals surface area contributed by atoms with Crippen LogP contribution in [0.2, 0.25) is 0 Å². The van der Waals surface area contributed by atoms with Crippen molar-refractivity contribution in [3.63, 3.8) is 0 Å². The summed E-state index contributed by atoms with van der Waals surface area (Å²) < 4.78 is 5.06. The first kappa shape index (κ1) is 5.97. The Labute approximate surface area is 54.7 Å². The van der Waals surface area contributed by atoms with E-state index in [2.05, 4.69) is 5.92 Å². The Balaban J connectivity index is 2.84. The first-order valence-electron chi connectivity index (χ1n) is 2.81. The Morgan fingerprint density at radius 2 is 2.56 bits per heavy atom. The zero-order chi connectivity index (χ0) is 6.69. The van der Waals surface area contributed by atoms with Crippen molar-refractivity contribution in [2.45, 2.75) is 13.3 Å². The van der Waals surface area contributed by atoms with Gasteiger partial charge in [0.2, 0.25) is 0 Å². The Morgan fingerprint density at radius 3 is 3.00 bits per heavy atom. The molecule has 0 radical (unpaired) electrons. The molecule has 0 unspecified atom stereocenters. The quantitative estimate of drug-likeness (QED) is 0.515. The van der Waals surface area contributed by atoms with Crippen LogP contribution in [-0.4, -0.2) is 0 Å². The Bertz CT molecular complexity index is 227. The van der Waals surface area contributed by atoms with Crippen LogP contribution in [0.3, 0.4) is 0 Å². The van der Waals surface area contributed by atoms with Gasteiger partial charge >= 0.3 is 0 Å². The van der Waals surface area contributed by atoms with E-state index in [4.69, 9.17) is 10.8 Å². The standard InChI is InChI=1S/C8H8O/c1-3-4-8-7(2)5-6-9-8/h1,5-6H,4H2,2H3. The van der Waals surface area contributed by atoms with Gasteiger partial charge in [-0.1, -0.05) is 5.92 Å². The van der Waals surface area contributed by atoms with Crippen LogP contribution in [0.25, 0.3) is 0 Å². The molecule has 0 spiro atoms. The molecule has 1 heterocycles. The van der Waals surface area contributed by atoms with Gasteiger partial charge in [-0.2, -0.15) is 0 Å². The lowest BCUT2D eigenvalue weighted by molar-refractivity contribution is 0.522. The first-order valence-corrected chi connectivity index (χ1v) is 2.81. The van der Waals surface area contributed by atoms with Crippen molar-refractivity contribution < 1.29 is 4.42 Å². The molecule has 0 aliphatic heterocycles. The first-order chi connectivity index (χ1) is 4.34. The van der Waals surface area contributed by atoms with Crippen LogP contribution in [0.5, 0.6) is 0 Å². The largest absolute Gasteiger partial charge is 0.468 e. The molecule has 1 heteroatoms. The summed E-state index contributed by atoms with van der Waals surface area (Å²) in [6, 6.07) is 1.91. The van der Waals surface area contributed by atoms with Crippen LogP contribution in [0, 0.1) is 19.3 Å². The monoisotopic (exact) mass is 120 g/mol. The third kappa shape index (κ3) is 1.14. The highest BCUT2D eigenvalue weighted by Crippen LogP contribution is 2.07. The molecule has 1 nitrogen and oxygen atoms in total. The molecule has 1 rings (SSSR count). The number of furan rings is 1. The number of aryl methyl sites for hydroxylation is 1. The Kier molecular flexibility index (Phi) is 1.60. The zero-order valence-electron chi connectivity index (χ0n) is 5.35. The summed E-state index contributed by atoms with van der Waals surface area (Å²) >= 11 is 0. The average molecular weight is 120 g/mol. The van der Waals surface area contributed by atoms with E-state index in [0.29, 0.717) is 6.42 Å². The number of hydrogen-bond donors (Lipinski definition) is 0. The van der Waals surface area contributed by atoms with E-state index in [1.54, 1.807) is 6.26 Å². The van der Waals surface area contributed by atoms with Gasteiger partial charge in [-0.3, -0.25) is 0 Å². The van der Waals surface area contributed by atoms with Gasteiger partial charge in [0.15, 0.2) is 0 Å². The SMILES string of the molecule is C#CCc1occc1C. The third-order valence-corrected chi connectivity index (χ3v) is 1.23. The van der Waals surface area contributed by atoms with Crippen molar-refractivity contribution in [2.24, 2.45) is 0 Å². The van der Waals surface area contributed by atoms with Gasteiger partial charge in [0, 0.05) is 0 Å². The molecule has 0 bridgehead atoms. The van der Waals surface area contributed by atoms with Crippen LogP contribution < -0.4 is 0 Å². The van der Waals surface area contributed by atoms with E-state index in [9.17, 15) is 0 Å². The lowest BCUT2D eigenvalue weighted by atomic mass is 10.2. The molecule has 46 valence electrons. The maximum atomic E-state index is 5.08. The fourth-order valence-electron chi connectivity index (χ4n) is 0.678. The smallest absolute Gasteiger partial charge is 0.118 e. The minimum absolute atomic E-state index is 0.596. The molecule has 0 amide bonds. The van der Waals surface area contributed by atoms with Gasteiger partial charge in [0.05, 0.1) is 12.7 Å². The number of rotatable bonds is 1. The van der Waals surface area contributed by atoms with Crippen molar-refractivity contribution in [1.29, 1.82) is 0 Å². The van der Waals surface area contributed by atoms with Gasteiger partial charge in [0.1, 0.15) is 5.76 Å². The lowest BCUT2D eigenvalue weighted by Gasteiger charge is -1.86. The maximum absolute atomic E-state index is 5.08. The van der Waals surface area contributed by atoms with Crippen LogP contribution in [0.15, 0.2) is 16.7 Å². The predicted octanol–water partition coefficient (Wildman–Crippen LogP) is 1.76. The highest BCUT2D eigenvalue weighted by molar-refractivity contribution is 5.18. The molecular formula is C8H8O. The minimum atomic E-state index is 0.596. The average Bonchev–Trinajstić information content (AvgIpc) is 2.18. The number of terminal acetylenes is 1. The molecule has 0 aliphatic carbocycles. The van der Waals surface area contributed by atoms with E-state index in [1.165, 1.54) is 0 Å². The van der Waals surface area contributed by atoms with Crippen LogP contribution in [-0.2, 0) is 6.42 Å². The van der Waals surface area contributed by atoms with Crippen molar-refractivity contribution in [3.8, 4) is 12.3 Å². The van der Waals surface area contributed by atoms with Crippen molar-refractivity contribution in [3.05, 3.63) is 23.7 Å². The zero-order valence-corrected chi connectivity index (χ0v) is 5.35. The summed E-state index contributed by atoms with van der Waals surface area (Å²) in [5.74, 6) is 3.42. The van der Waals surface area contributed by atoms with Crippen LogP contribution in [0.4, 0.5) is 0 Å². The molecule has 1 aromatic heterocycles. The van der Waals surface area contributed by atoms with Gasteiger partial charge in [0.25, 0.3) is 0 Å². The molecule has 0 N–H and O–H groups in total. The van der Waals surface area contributed by atoms with Crippen LogP contribution >= 0.6 is 0 Å². The van der Waals surface area contributed by atoms with Crippen LogP contribution in [0.1, 0.15) is 11.3 Å².